The van der Waals surface area contributed by atoms with E-state index in [4.69, 9.17) is 9.84 Å². The van der Waals surface area contributed by atoms with Gasteiger partial charge in [0.25, 0.3) is 0 Å². The van der Waals surface area contributed by atoms with E-state index in [2.05, 4.69) is 0 Å². The van der Waals surface area contributed by atoms with Crippen LogP contribution in [0.4, 0.5) is 8.78 Å². The molecule has 1 N–H and O–H groups in total. The second-order valence-corrected chi connectivity index (χ2v) is 3.80. The second-order valence-electron chi connectivity index (χ2n) is 3.80. The lowest BCUT2D eigenvalue weighted by Gasteiger charge is -2.19. The summed E-state index contributed by atoms with van der Waals surface area (Å²) < 4.78 is 28.6. The summed E-state index contributed by atoms with van der Waals surface area (Å²) in [6, 6.07) is 3.60. The van der Waals surface area contributed by atoms with E-state index in [-0.39, 0.29) is 19.6 Å². The number of benzene rings is 1. The molecule has 1 aliphatic heterocycles. The van der Waals surface area contributed by atoms with Crippen molar-refractivity contribution < 1.29 is 23.5 Å². The van der Waals surface area contributed by atoms with Crippen molar-refractivity contribution in [1.29, 1.82) is 0 Å². The highest BCUT2D eigenvalue weighted by molar-refractivity contribution is 5.04. The number of halogens is 2. The Bertz CT molecular complexity index is 364. The molecule has 0 aromatic heterocycles. The number of hydrogen-bond acceptors (Lipinski definition) is 4. The van der Waals surface area contributed by atoms with Crippen molar-refractivity contribution in [1.82, 2.24) is 0 Å². The molecule has 1 saturated heterocycles. The predicted molar refractivity (Wildman–Crippen MR) is 58.6 cm³/mol. The van der Waals surface area contributed by atoms with Gasteiger partial charge in [0, 0.05) is 11.3 Å². The molecular weight excluding hydrogens is 248 g/mol. The molecule has 0 radical (unpaired) electrons. The maximum Gasteiger partial charge on any atom is 0.238 e. The van der Waals surface area contributed by atoms with Crippen molar-refractivity contribution >= 4 is 0 Å². The minimum atomic E-state index is -0.719. The molecule has 1 aliphatic rings. The third kappa shape index (κ3) is 5.15. The fraction of sp³-hybridized carbons (Fsp3) is 0.455. The Labute approximate surface area is 102 Å². The first-order valence-corrected chi connectivity index (χ1v) is 5.29. The molecule has 0 amide bonds. The smallest absolute Gasteiger partial charge is 0.238 e. The quantitative estimate of drug-likeness (QED) is 0.612. The monoisotopic (exact) mass is 261 g/mol. The van der Waals surface area contributed by atoms with E-state index in [0.29, 0.717) is 0 Å². The molecule has 0 saturated carbocycles. The van der Waals surface area contributed by atoms with Crippen molar-refractivity contribution in [2.75, 3.05) is 13.2 Å². The van der Waals surface area contributed by atoms with Crippen LogP contribution in [0.25, 0.3) is 0 Å². The summed E-state index contributed by atoms with van der Waals surface area (Å²) in [6.45, 7) is 0.356. The van der Waals surface area contributed by atoms with Crippen molar-refractivity contribution in [2.24, 2.45) is 0 Å². The van der Waals surface area contributed by atoms with Crippen molar-refractivity contribution in [3.63, 3.8) is 0 Å². The van der Waals surface area contributed by atoms with Crippen LogP contribution in [-0.2, 0) is 4.74 Å². The first-order valence-electron chi connectivity index (χ1n) is 5.29. The van der Waals surface area contributed by atoms with Crippen molar-refractivity contribution in [3.8, 4) is 0 Å². The molecule has 0 aliphatic carbocycles. The zero-order valence-electron chi connectivity index (χ0n) is 9.46. The largest absolute Gasteiger partial charge is 0.390 e. The van der Waals surface area contributed by atoms with Crippen LogP contribution in [0.1, 0.15) is 6.42 Å². The van der Waals surface area contributed by atoms with Gasteiger partial charge in [-0.3, -0.25) is 10.1 Å². The van der Waals surface area contributed by atoms with Gasteiger partial charge in [0.05, 0.1) is 12.7 Å². The van der Waals surface area contributed by atoms with E-state index in [0.717, 1.165) is 24.3 Å². The molecule has 0 spiro atoms. The highest BCUT2D eigenvalue weighted by Crippen LogP contribution is 2.09. The van der Waals surface area contributed by atoms with Gasteiger partial charge in [0.1, 0.15) is 18.2 Å². The van der Waals surface area contributed by atoms with E-state index >= 15 is 0 Å². The number of hydrogen-bond donors (Lipinski definition) is 1. The molecule has 2 atom stereocenters. The molecule has 1 aromatic rings. The molecule has 18 heavy (non-hydrogen) atoms. The topological polar surface area (TPSA) is 72.6 Å². The maximum absolute atomic E-state index is 11.9. The molecule has 2 unspecified atom stereocenters. The number of rotatable bonds is 1. The van der Waals surface area contributed by atoms with Crippen LogP contribution < -0.4 is 0 Å². The van der Waals surface area contributed by atoms with E-state index in [1.165, 1.54) is 0 Å². The van der Waals surface area contributed by atoms with Crippen LogP contribution in [0.2, 0.25) is 0 Å². The summed E-state index contributed by atoms with van der Waals surface area (Å²) >= 11 is 0. The average molecular weight is 261 g/mol. The molecule has 1 aromatic carbocycles. The first-order chi connectivity index (χ1) is 8.49. The third-order valence-electron chi connectivity index (χ3n) is 2.27. The normalized spacial score (nSPS) is 22.8. The Morgan fingerprint density at radius 3 is 2.06 bits per heavy atom. The number of aliphatic hydroxyl groups excluding tert-OH is 1. The minimum absolute atomic E-state index is 0.129. The van der Waals surface area contributed by atoms with Gasteiger partial charge in [-0.25, -0.2) is 8.78 Å². The molecule has 1 heterocycles. The van der Waals surface area contributed by atoms with Gasteiger partial charge in [-0.05, 0) is 24.3 Å². The summed E-state index contributed by atoms with van der Waals surface area (Å²) in [4.78, 5) is 9.70. The van der Waals surface area contributed by atoms with E-state index < -0.39 is 28.7 Å². The summed E-state index contributed by atoms with van der Waals surface area (Å²) in [5.41, 5.74) is 0. The molecule has 100 valence electrons. The maximum atomic E-state index is 11.9. The van der Waals surface area contributed by atoms with Crippen molar-refractivity contribution in [3.05, 3.63) is 46.0 Å². The van der Waals surface area contributed by atoms with Gasteiger partial charge < -0.3 is 9.84 Å². The van der Waals surface area contributed by atoms with Crippen LogP contribution in [0.3, 0.4) is 0 Å². The Hall–Kier alpha value is -1.60. The number of nitro groups is 1. The molecule has 7 heteroatoms. The highest BCUT2D eigenvalue weighted by Gasteiger charge is 2.28. The summed E-state index contributed by atoms with van der Waals surface area (Å²) in [5, 5.41) is 19.0. The fourth-order valence-electron chi connectivity index (χ4n) is 1.37. The predicted octanol–water partition coefficient (Wildman–Crippen LogP) is 1.38. The molecule has 5 nitrogen and oxygen atoms in total. The Morgan fingerprint density at radius 1 is 1.22 bits per heavy atom. The van der Waals surface area contributed by atoms with Crippen LogP contribution in [0, 0.1) is 21.7 Å². The lowest BCUT2D eigenvalue weighted by Crippen LogP contribution is -2.37. The lowest BCUT2D eigenvalue weighted by molar-refractivity contribution is -0.533. The van der Waals surface area contributed by atoms with Gasteiger partial charge in [-0.15, -0.1) is 0 Å². The van der Waals surface area contributed by atoms with Crippen LogP contribution in [-0.4, -0.2) is 35.4 Å². The van der Waals surface area contributed by atoms with Gasteiger partial charge in [0.2, 0.25) is 6.04 Å². The Morgan fingerprint density at radius 2 is 1.72 bits per heavy atom. The number of aliphatic hydroxyl groups is 1. The van der Waals surface area contributed by atoms with Gasteiger partial charge >= 0.3 is 0 Å². The Kier molecular flexibility index (Phi) is 5.60. The van der Waals surface area contributed by atoms with Crippen LogP contribution in [0.15, 0.2) is 24.3 Å². The van der Waals surface area contributed by atoms with E-state index in [9.17, 15) is 18.9 Å². The molecule has 2 rings (SSSR count). The Balaban J connectivity index is 0.000000184. The highest BCUT2D eigenvalue weighted by atomic mass is 19.1. The van der Waals surface area contributed by atoms with Gasteiger partial charge in [-0.2, -0.15) is 0 Å². The summed E-state index contributed by atoms with van der Waals surface area (Å²) in [6.07, 6.45) is -0.448. The number of ether oxygens (including phenoxy) is 1. The standard InChI is InChI=1S/C6H4F2.C5H9NO4/c7-5-1-2-6(8)4-3-5;7-5-1-4(6(8)9)2-10-3-5/h1-4H;4-5,7H,1-3H2. The number of nitrogens with zero attached hydrogens (tertiary/aromatic N) is 1. The fourth-order valence-corrected chi connectivity index (χ4v) is 1.37. The van der Waals surface area contributed by atoms with Crippen LogP contribution in [0.5, 0.6) is 0 Å². The zero-order chi connectivity index (χ0) is 13.5. The molecule has 1 fully saturated rings. The zero-order valence-corrected chi connectivity index (χ0v) is 9.46. The molecular formula is C11H13F2NO4. The van der Waals surface area contributed by atoms with E-state index in [1.54, 1.807) is 0 Å². The van der Waals surface area contributed by atoms with Gasteiger partial charge in [-0.1, -0.05) is 0 Å². The third-order valence-corrected chi connectivity index (χ3v) is 2.27. The SMILES string of the molecule is Fc1ccc(F)cc1.O=[N+]([O-])C1COCC(O)C1. The van der Waals surface area contributed by atoms with Crippen molar-refractivity contribution in [2.45, 2.75) is 18.6 Å². The van der Waals surface area contributed by atoms with Crippen LogP contribution >= 0.6 is 0 Å². The second kappa shape index (κ2) is 6.97. The summed E-state index contributed by atoms with van der Waals surface area (Å²) in [7, 11) is 0. The minimum Gasteiger partial charge on any atom is -0.390 e. The first kappa shape index (κ1) is 14.5. The lowest BCUT2D eigenvalue weighted by atomic mass is 10.1. The molecule has 0 bridgehead atoms. The average Bonchev–Trinajstić information content (AvgIpc) is 2.34. The van der Waals surface area contributed by atoms with E-state index in [1.807, 2.05) is 0 Å². The van der Waals surface area contributed by atoms with Gasteiger partial charge in [0.15, 0.2) is 0 Å². The summed E-state index contributed by atoms with van der Waals surface area (Å²) in [5.74, 6) is -0.821.